The molecule has 85 heavy (non-hydrogen) atoms. The van der Waals surface area contributed by atoms with Crippen LogP contribution in [0.1, 0.15) is 0 Å². The topological polar surface area (TPSA) is 48.0 Å². The minimum atomic E-state index is -0.183. The van der Waals surface area contributed by atoms with Crippen molar-refractivity contribution in [3.63, 3.8) is 0 Å². The predicted octanol–water partition coefficient (Wildman–Crippen LogP) is 19.8. The zero-order valence-corrected chi connectivity index (χ0v) is 46.1. The Morgan fingerprint density at radius 2 is 0.741 bits per heavy atom. The molecule has 4 heterocycles. The van der Waals surface area contributed by atoms with Gasteiger partial charge in [-0.05, 0) is 125 Å². The molecule has 0 spiro atoms. The molecule has 7 heteroatoms. The molecule has 0 saturated heterocycles. The Balaban J connectivity index is 0.992. The van der Waals surface area contributed by atoms with Crippen molar-refractivity contribution in [2.24, 2.45) is 0 Å². The molecule has 0 aliphatic carbocycles. The molecule has 0 atom stereocenters. The van der Waals surface area contributed by atoms with Gasteiger partial charge in [-0.2, -0.15) is 0 Å². The van der Waals surface area contributed by atoms with Crippen LogP contribution < -0.4 is 36.4 Å². The van der Waals surface area contributed by atoms with Crippen molar-refractivity contribution < 1.29 is 8.83 Å². The summed E-state index contributed by atoms with van der Waals surface area (Å²) in [4.78, 5) is 7.30. The van der Waals surface area contributed by atoms with Gasteiger partial charge < -0.3 is 28.9 Å². The van der Waals surface area contributed by atoms with E-state index in [4.69, 9.17) is 8.83 Å². The van der Waals surface area contributed by atoms with Crippen molar-refractivity contribution in [2.75, 3.05) is 20.0 Å². The summed E-state index contributed by atoms with van der Waals surface area (Å²) in [6.45, 7) is -0.183. The van der Waals surface area contributed by atoms with Gasteiger partial charge in [-0.25, -0.2) is 0 Å². The van der Waals surface area contributed by atoms with Crippen molar-refractivity contribution in [2.45, 2.75) is 0 Å². The average molecular weight is 1090 g/mol. The van der Waals surface area contributed by atoms with Crippen molar-refractivity contribution in [1.29, 1.82) is 0 Å². The van der Waals surface area contributed by atoms with E-state index in [1.54, 1.807) is 0 Å². The van der Waals surface area contributed by atoms with Crippen LogP contribution in [-0.4, -0.2) is 6.71 Å². The number of hydrogen-bond donors (Lipinski definition) is 1. The number of rotatable bonds is 10. The van der Waals surface area contributed by atoms with Crippen LogP contribution in [0.25, 0.3) is 77.3 Å². The monoisotopic (exact) mass is 1090 g/mol. The van der Waals surface area contributed by atoms with Crippen LogP contribution in [0.5, 0.6) is 0 Å². The van der Waals surface area contributed by atoms with Gasteiger partial charge >= 0.3 is 0 Å². The maximum absolute atomic E-state index is 7.03. The van der Waals surface area contributed by atoms with Crippen LogP contribution in [-0.2, 0) is 0 Å². The van der Waals surface area contributed by atoms with Crippen molar-refractivity contribution in [1.82, 2.24) is 0 Å². The molecular formula is C78H51BN4O2. The molecule has 0 bridgehead atoms. The Bertz CT molecular complexity index is 4850. The van der Waals surface area contributed by atoms with Gasteiger partial charge in [-0.3, -0.25) is 0 Å². The summed E-state index contributed by atoms with van der Waals surface area (Å²) >= 11 is 0. The smallest absolute Gasteiger partial charge is 0.252 e. The third-order valence-electron chi connectivity index (χ3n) is 17.2. The van der Waals surface area contributed by atoms with Gasteiger partial charge in [0, 0.05) is 101 Å². The minimum absolute atomic E-state index is 0.183. The number of hydrogen-bond acceptors (Lipinski definition) is 6. The fourth-order valence-electron chi connectivity index (χ4n) is 13.5. The Labute approximate surface area is 492 Å². The lowest BCUT2D eigenvalue weighted by Crippen LogP contribution is -2.60. The maximum atomic E-state index is 7.03. The molecule has 0 amide bonds. The van der Waals surface area contributed by atoms with E-state index in [0.717, 1.165) is 140 Å². The predicted molar refractivity (Wildman–Crippen MR) is 356 cm³/mol. The van der Waals surface area contributed by atoms with E-state index in [-0.39, 0.29) is 6.71 Å². The van der Waals surface area contributed by atoms with E-state index in [1.165, 1.54) is 16.4 Å². The molecule has 0 unspecified atom stereocenters. The van der Waals surface area contributed by atoms with Crippen LogP contribution >= 0.6 is 0 Å². The van der Waals surface area contributed by atoms with E-state index in [1.807, 2.05) is 0 Å². The minimum Gasteiger partial charge on any atom is -0.455 e. The molecule has 17 rings (SSSR count). The third-order valence-corrected chi connectivity index (χ3v) is 17.2. The molecule has 2 aromatic heterocycles. The molecule has 0 saturated carbocycles. The number of nitrogens with zero attached hydrogens (tertiary/aromatic N) is 3. The highest BCUT2D eigenvalue weighted by Crippen LogP contribution is 2.53. The Hall–Kier alpha value is -11.3. The van der Waals surface area contributed by atoms with Crippen LogP contribution in [0.15, 0.2) is 312 Å². The van der Waals surface area contributed by atoms with Crippen molar-refractivity contribution in [3.8, 4) is 33.4 Å². The standard InChI is InChI=1S/C78H51BN4O2/c1-6-23-51(24-7-1)52-47-70-75-72(48-52)83(76-61(65-39-21-37-63-59-33-16-18-41-73(59)84-77(63)65)35-20-36-62(76)66-40-22-38-64-60-34-17-19-42-74(60)85-78(64)66)71-50-58(82(55-29-12-4-13-30-55)56-31-14-5-15-32-56)44-46-68(71)79(75)67-45-43-57(49-69(67)80-70)81(53-25-8-2-9-26-53)54-27-10-3-11-28-54/h1-50,80H. The third kappa shape index (κ3) is 7.89. The lowest BCUT2D eigenvalue weighted by Gasteiger charge is -2.43. The number of nitrogens with one attached hydrogen (secondary N) is 1. The van der Waals surface area contributed by atoms with Crippen LogP contribution in [0.3, 0.4) is 0 Å². The average Bonchev–Trinajstić information content (AvgIpc) is 3.29. The highest BCUT2D eigenvalue weighted by atomic mass is 16.3. The molecule has 6 nitrogen and oxygen atoms in total. The SMILES string of the molecule is c1ccc(-c2cc3c4c(c2)N(c2c(-c5cccc6c5oc5ccccc56)cccc2-c2cccc5c2oc2ccccc25)c2cc(N(c5ccccc5)c5ccccc5)ccc2B4c2ccc(N(c4ccccc4)c4ccccc4)cc2N3)cc1. The van der Waals surface area contributed by atoms with Gasteiger partial charge in [0.1, 0.15) is 22.3 Å². The first kappa shape index (κ1) is 48.4. The van der Waals surface area contributed by atoms with E-state index >= 15 is 0 Å². The summed E-state index contributed by atoms with van der Waals surface area (Å²) in [6.07, 6.45) is 0. The van der Waals surface area contributed by atoms with E-state index < -0.39 is 0 Å². The molecule has 0 radical (unpaired) electrons. The fourth-order valence-corrected chi connectivity index (χ4v) is 13.5. The number of para-hydroxylation sites is 9. The molecule has 2 aliphatic rings. The first-order valence-corrected chi connectivity index (χ1v) is 29.0. The Morgan fingerprint density at radius 1 is 0.306 bits per heavy atom. The summed E-state index contributed by atoms with van der Waals surface area (Å²) in [7, 11) is 0. The number of anilines is 11. The van der Waals surface area contributed by atoms with E-state index in [2.05, 4.69) is 323 Å². The second kappa shape index (κ2) is 19.7. The zero-order chi connectivity index (χ0) is 56.0. The highest BCUT2D eigenvalue weighted by Gasteiger charge is 2.43. The summed E-state index contributed by atoms with van der Waals surface area (Å²) in [6, 6.07) is 109. The summed E-state index contributed by atoms with van der Waals surface area (Å²) in [5.74, 6) is 0. The second-order valence-corrected chi connectivity index (χ2v) is 22.0. The van der Waals surface area contributed by atoms with Gasteiger partial charge in [0.15, 0.2) is 0 Å². The van der Waals surface area contributed by atoms with E-state index in [0.29, 0.717) is 0 Å². The summed E-state index contributed by atoms with van der Waals surface area (Å²) < 4.78 is 14.1. The van der Waals surface area contributed by atoms with Gasteiger partial charge in [-0.1, -0.05) is 206 Å². The molecule has 2 aliphatic heterocycles. The molecular weight excluding hydrogens is 1040 g/mol. The van der Waals surface area contributed by atoms with Crippen molar-refractivity contribution >= 4 is 130 Å². The normalized spacial score (nSPS) is 12.3. The molecule has 13 aromatic carbocycles. The number of furan rings is 2. The van der Waals surface area contributed by atoms with Gasteiger partial charge in [0.25, 0.3) is 6.71 Å². The highest BCUT2D eigenvalue weighted by molar-refractivity contribution is 7.00. The molecule has 1 N–H and O–H groups in total. The molecule has 15 aromatic rings. The van der Waals surface area contributed by atoms with Gasteiger partial charge in [-0.15, -0.1) is 0 Å². The van der Waals surface area contributed by atoms with Crippen molar-refractivity contribution in [3.05, 3.63) is 303 Å². The summed E-state index contributed by atoms with van der Waals surface area (Å²) in [5.41, 5.74) is 24.7. The van der Waals surface area contributed by atoms with E-state index in [9.17, 15) is 0 Å². The largest absolute Gasteiger partial charge is 0.455 e. The summed E-state index contributed by atoms with van der Waals surface area (Å²) in [5, 5.41) is 8.43. The molecule has 0 fully saturated rings. The number of fused-ring (bicyclic) bond motifs is 10. The van der Waals surface area contributed by atoms with Crippen LogP contribution in [0.4, 0.5) is 62.6 Å². The number of benzene rings is 13. The van der Waals surface area contributed by atoms with Gasteiger partial charge in [0.2, 0.25) is 0 Å². The molecule has 398 valence electrons. The van der Waals surface area contributed by atoms with Crippen LogP contribution in [0, 0.1) is 0 Å². The Kier molecular flexibility index (Phi) is 11.2. The lowest BCUT2D eigenvalue weighted by atomic mass is 9.33. The second-order valence-electron chi connectivity index (χ2n) is 22.0. The first-order valence-electron chi connectivity index (χ1n) is 29.0. The fraction of sp³-hybridized carbons (Fsp3) is 0. The quantitative estimate of drug-likeness (QED) is 0.138. The lowest BCUT2D eigenvalue weighted by molar-refractivity contribution is 0.670. The zero-order valence-electron chi connectivity index (χ0n) is 46.1. The van der Waals surface area contributed by atoms with Crippen LogP contribution in [0.2, 0.25) is 0 Å². The maximum Gasteiger partial charge on any atom is 0.252 e. The first-order chi connectivity index (χ1) is 42.2. The van der Waals surface area contributed by atoms with Gasteiger partial charge in [0.05, 0.1) is 5.69 Å². The Morgan fingerprint density at radius 3 is 1.27 bits per heavy atom.